The Morgan fingerprint density at radius 3 is 2.76 bits per heavy atom. The Hall–Kier alpha value is -2.75. The van der Waals surface area contributed by atoms with E-state index < -0.39 is 11.4 Å². The van der Waals surface area contributed by atoms with Crippen molar-refractivity contribution in [3.63, 3.8) is 0 Å². The van der Waals surface area contributed by atoms with Crippen LogP contribution in [0.15, 0.2) is 22.3 Å². The van der Waals surface area contributed by atoms with E-state index in [2.05, 4.69) is 66.8 Å². The Bertz CT molecular complexity index is 1020. The molecule has 0 spiro atoms. The summed E-state index contributed by atoms with van der Waals surface area (Å²) >= 11 is 0. The number of aliphatic imine (C=N–C) groups is 1. The summed E-state index contributed by atoms with van der Waals surface area (Å²) in [6.45, 7) is 15.1. The average molecular weight is 460 g/mol. The predicted molar refractivity (Wildman–Crippen MR) is 125 cm³/mol. The Morgan fingerprint density at radius 2 is 2.06 bits per heavy atom. The predicted octanol–water partition coefficient (Wildman–Crippen LogP) is 2.76. The van der Waals surface area contributed by atoms with E-state index in [1.165, 1.54) is 0 Å². The number of piperazine rings is 1. The number of hydrogen-bond donors (Lipinski definition) is 1. The monoisotopic (exact) mass is 459 g/mol. The van der Waals surface area contributed by atoms with Crippen molar-refractivity contribution >= 4 is 17.7 Å². The molecule has 33 heavy (non-hydrogen) atoms. The average Bonchev–Trinajstić information content (AvgIpc) is 3.25. The summed E-state index contributed by atoms with van der Waals surface area (Å²) in [5.41, 5.74) is 1.40. The molecule has 1 aromatic heterocycles. The first-order chi connectivity index (χ1) is 15.5. The summed E-state index contributed by atoms with van der Waals surface area (Å²) in [7, 11) is 2.10. The number of anilines is 1. The van der Waals surface area contributed by atoms with E-state index in [-0.39, 0.29) is 29.4 Å². The maximum atomic E-state index is 14.4. The van der Waals surface area contributed by atoms with Gasteiger partial charge in [-0.1, -0.05) is 0 Å². The minimum Gasteiger partial charge on any atom is -0.464 e. The van der Waals surface area contributed by atoms with E-state index in [9.17, 15) is 9.18 Å². The van der Waals surface area contributed by atoms with Crippen LogP contribution in [0.25, 0.3) is 0 Å². The lowest BCUT2D eigenvalue weighted by Crippen LogP contribution is -2.65. The number of carbonyl (C=O) groups is 1. The van der Waals surface area contributed by atoms with Crippen molar-refractivity contribution < 1.29 is 13.9 Å². The minimum atomic E-state index is -0.589. The van der Waals surface area contributed by atoms with Crippen LogP contribution in [0.2, 0.25) is 0 Å². The van der Waals surface area contributed by atoms with Crippen molar-refractivity contribution in [2.45, 2.75) is 58.7 Å². The molecule has 0 unspecified atom stereocenters. The van der Waals surface area contributed by atoms with Gasteiger partial charge in [0.2, 0.25) is 0 Å². The van der Waals surface area contributed by atoms with Crippen LogP contribution in [0, 0.1) is 5.82 Å². The van der Waals surface area contributed by atoms with Crippen LogP contribution >= 0.6 is 0 Å². The maximum absolute atomic E-state index is 14.4. The van der Waals surface area contributed by atoms with Gasteiger partial charge in [-0.05, 0) is 54.2 Å². The van der Waals surface area contributed by atoms with Gasteiger partial charge in [-0.3, -0.25) is 9.89 Å². The standard InChI is InChI=1S/C23H34FN7O2/c1-8-33-20-26-10-17(24)19(28-20)27-18-15-12-31(23(5,6)16(15)9-25-18)21(32)30-13-22(3,4)29(7)11-14(30)2/h10,14H,8-9,11-13H2,1-7H3,(H,25,26,27,28)/t14-/m0/s1. The van der Waals surface area contributed by atoms with Gasteiger partial charge in [0.1, 0.15) is 5.84 Å². The smallest absolute Gasteiger partial charge is 0.321 e. The molecule has 0 saturated carbocycles. The number of amidine groups is 1. The molecule has 4 rings (SSSR count). The number of likely N-dealkylation sites (N-methyl/N-ethyl adjacent to an activating group) is 1. The fraction of sp³-hybridized carbons (Fsp3) is 0.652. The normalized spacial score (nSPS) is 24.1. The van der Waals surface area contributed by atoms with Crippen molar-refractivity contribution in [2.24, 2.45) is 4.99 Å². The molecule has 0 aromatic carbocycles. The van der Waals surface area contributed by atoms with Crippen molar-refractivity contribution in [1.29, 1.82) is 0 Å². The molecule has 0 aliphatic carbocycles. The first-order valence-electron chi connectivity index (χ1n) is 11.4. The highest BCUT2D eigenvalue weighted by Crippen LogP contribution is 2.39. The van der Waals surface area contributed by atoms with Crippen LogP contribution in [-0.4, -0.2) is 93.5 Å². The number of carbonyl (C=O) groups excluding carboxylic acids is 1. The lowest BCUT2D eigenvalue weighted by molar-refractivity contribution is 0.0119. The Labute approximate surface area is 194 Å². The number of aromatic nitrogens is 2. The summed E-state index contributed by atoms with van der Waals surface area (Å²) in [5, 5.41) is 3.01. The molecule has 180 valence electrons. The van der Waals surface area contributed by atoms with Gasteiger partial charge in [0.05, 0.1) is 31.4 Å². The highest BCUT2D eigenvalue weighted by Gasteiger charge is 2.48. The topological polar surface area (TPSA) is 86.2 Å². The van der Waals surface area contributed by atoms with Gasteiger partial charge in [-0.15, -0.1) is 0 Å². The van der Waals surface area contributed by atoms with Gasteiger partial charge in [0.15, 0.2) is 11.6 Å². The molecule has 0 radical (unpaired) electrons. The van der Waals surface area contributed by atoms with E-state index in [1.54, 1.807) is 0 Å². The second-order valence-electron chi connectivity index (χ2n) is 10.1. The molecule has 0 bridgehead atoms. The summed E-state index contributed by atoms with van der Waals surface area (Å²) in [6.07, 6.45) is 1.08. The van der Waals surface area contributed by atoms with Crippen LogP contribution < -0.4 is 10.1 Å². The summed E-state index contributed by atoms with van der Waals surface area (Å²) in [5.74, 6) is -0.0352. The molecule has 3 aliphatic heterocycles. The second-order valence-corrected chi connectivity index (χ2v) is 10.1. The van der Waals surface area contributed by atoms with Crippen molar-refractivity contribution in [3.8, 4) is 6.01 Å². The quantitative estimate of drug-likeness (QED) is 0.748. The molecular weight excluding hydrogens is 425 g/mol. The van der Waals surface area contributed by atoms with E-state index in [0.29, 0.717) is 32.1 Å². The van der Waals surface area contributed by atoms with E-state index in [0.717, 1.165) is 23.9 Å². The Kier molecular flexibility index (Phi) is 5.84. The molecule has 9 nitrogen and oxygen atoms in total. The van der Waals surface area contributed by atoms with Crippen LogP contribution in [0.1, 0.15) is 41.5 Å². The van der Waals surface area contributed by atoms with Crippen LogP contribution in [0.4, 0.5) is 15.0 Å². The first kappa shape index (κ1) is 23.4. The van der Waals surface area contributed by atoms with Gasteiger partial charge < -0.3 is 19.9 Å². The SMILES string of the molecule is CCOc1ncc(F)c(NC2=NCC3=C2CN(C(=O)N2CC(C)(C)N(C)C[C@@H]2C)C3(C)C)n1. The minimum absolute atomic E-state index is 0.0120. The van der Waals surface area contributed by atoms with Gasteiger partial charge in [-0.25, -0.2) is 14.2 Å². The number of rotatable bonds is 3. The van der Waals surface area contributed by atoms with Gasteiger partial charge in [0.25, 0.3) is 0 Å². The van der Waals surface area contributed by atoms with Gasteiger partial charge in [0, 0.05) is 30.2 Å². The van der Waals surface area contributed by atoms with Crippen molar-refractivity contribution in [1.82, 2.24) is 24.7 Å². The van der Waals surface area contributed by atoms with Gasteiger partial charge >= 0.3 is 12.0 Å². The third-order valence-corrected chi connectivity index (χ3v) is 7.14. The Morgan fingerprint density at radius 1 is 1.33 bits per heavy atom. The number of hydrogen-bond acceptors (Lipinski definition) is 7. The van der Waals surface area contributed by atoms with E-state index in [1.807, 2.05) is 16.7 Å². The zero-order valence-electron chi connectivity index (χ0n) is 20.6. The zero-order valence-corrected chi connectivity index (χ0v) is 20.6. The lowest BCUT2D eigenvalue weighted by Gasteiger charge is -2.50. The summed E-state index contributed by atoms with van der Waals surface area (Å²) in [4.78, 5) is 32.5. The first-order valence-corrected chi connectivity index (χ1v) is 11.4. The lowest BCUT2D eigenvalue weighted by atomic mass is 9.93. The molecular formula is C23H34FN7O2. The van der Waals surface area contributed by atoms with Crippen LogP contribution in [0.3, 0.4) is 0 Å². The van der Waals surface area contributed by atoms with Crippen LogP contribution in [-0.2, 0) is 0 Å². The summed E-state index contributed by atoms with van der Waals surface area (Å²) < 4.78 is 19.7. The highest BCUT2D eigenvalue weighted by atomic mass is 19.1. The number of halogens is 1. The van der Waals surface area contributed by atoms with Crippen molar-refractivity contribution in [2.75, 3.05) is 45.2 Å². The summed E-state index contributed by atoms with van der Waals surface area (Å²) in [6, 6.07) is 0.235. The third kappa shape index (κ3) is 4.05. The largest absolute Gasteiger partial charge is 0.464 e. The molecule has 3 aliphatic rings. The maximum Gasteiger partial charge on any atom is 0.321 e. The van der Waals surface area contributed by atoms with Crippen LogP contribution in [0.5, 0.6) is 6.01 Å². The highest BCUT2D eigenvalue weighted by molar-refractivity contribution is 6.11. The molecule has 2 amide bonds. The fourth-order valence-electron chi connectivity index (χ4n) is 4.76. The zero-order chi connectivity index (χ0) is 24.1. The van der Waals surface area contributed by atoms with E-state index >= 15 is 0 Å². The second kappa shape index (κ2) is 8.23. The molecule has 1 saturated heterocycles. The van der Waals surface area contributed by atoms with Crippen molar-refractivity contribution in [3.05, 3.63) is 23.2 Å². The van der Waals surface area contributed by atoms with Gasteiger partial charge in [-0.2, -0.15) is 4.98 Å². The molecule has 10 heteroatoms. The number of nitrogens with one attached hydrogen (secondary N) is 1. The number of nitrogens with zero attached hydrogens (tertiary/aromatic N) is 6. The van der Waals surface area contributed by atoms with E-state index in [4.69, 9.17) is 4.74 Å². The molecule has 1 aromatic rings. The number of amides is 2. The Balaban J connectivity index is 1.54. The molecule has 1 N–H and O–H groups in total. The molecule has 4 heterocycles. The number of ether oxygens (including phenoxy) is 1. The third-order valence-electron chi connectivity index (χ3n) is 7.14. The fourth-order valence-corrected chi connectivity index (χ4v) is 4.76. The number of urea groups is 1. The molecule has 1 fully saturated rings. The molecule has 1 atom stereocenters.